The first kappa shape index (κ1) is 12.0. The Hall–Kier alpha value is -1.49. The number of halogens is 1. The highest BCUT2D eigenvalue weighted by Crippen LogP contribution is 2.26. The quantitative estimate of drug-likeness (QED) is 0.644. The van der Waals surface area contributed by atoms with Gasteiger partial charge in [0.2, 0.25) is 0 Å². The Morgan fingerprint density at radius 3 is 2.76 bits per heavy atom. The van der Waals surface area contributed by atoms with Gasteiger partial charge in [-0.2, -0.15) is 0 Å². The van der Waals surface area contributed by atoms with Crippen LogP contribution in [0.4, 0.5) is 0 Å². The van der Waals surface area contributed by atoms with Crippen LogP contribution in [-0.4, -0.2) is 9.97 Å². The molecule has 5 heteroatoms. The van der Waals surface area contributed by atoms with Crippen LogP contribution in [0.3, 0.4) is 0 Å². The molecule has 0 saturated carbocycles. The van der Waals surface area contributed by atoms with Crippen LogP contribution in [0.25, 0.3) is 0 Å². The molecule has 2 aromatic rings. The van der Waals surface area contributed by atoms with Crippen molar-refractivity contribution in [2.75, 3.05) is 0 Å². The van der Waals surface area contributed by atoms with Gasteiger partial charge in [-0.05, 0) is 29.7 Å². The molecule has 17 heavy (non-hydrogen) atoms. The molecule has 0 aliphatic carbocycles. The van der Waals surface area contributed by atoms with Crippen molar-refractivity contribution in [3.05, 3.63) is 58.6 Å². The monoisotopic (exact) mass is 248 g/mol. The molecule has 0 aliphatic heterocycles. The van der Waals surface area contributed by atoms with Crippen LogP contribution in [0.5, 0.6) is 0 Å². The number of hydrazine groups is 1. The predicted molar refractivity (Wildman–Crippen MR) is 67.4 cm³/mol. The number of aryl methyl sites for hydroxylation is 1. The Morgan fingerprint density at radius 1 is 1.29 bits per heavy atom. The third-order valence-corrected chi connectivity index (χ3v) is 2.83. The van der Waals surface area contributed by atoms with E-state index in [1.54, 1.807) is 24.8 Å². The fourth-order valence-electron chi connectivity index (χ4n) is 1.72. The van der Waals surface area contributed by atoms with Gasteiger partial charge in [0.05, 0.1) is 11.1 Å². The molecule has 88 valence electrons. The minimum absolute atomic E-state index is 0.183. The average molecular weight is 249 g/mol. The molecule has 1 atom stereocenters. The molecule has 0 saturated heterocycles. The lowest BCUT2D eigenvalue weighted by molar-refractivity contribution is 0.633. The van der Waals surface area contributed by atoms with Crippen molar-refractivity contribution in [2.24, 2.45) is 5.84 Å². The first-order valence-electron chi connectivity index (χ1n) is 5.19. The first-order chi connectivity index (χ1) is 8.22. The average Bonchev–Trinajstić information content (AvgIpc) is 2.33. The van der Waals surface area contributed by atoms with E-state index in [0.29, 0.717) is 5.02 Å². The van der Waals surface area contributed by atoms with Crippen molar-refractivity contribution in [3.63, 3.8) is 0 Å². The van der Waals surface area contributed by atoms with Crippen LogP contribution >= 0.6 is 11.6 Å². The SMILES string of the molecule is Cc1cncc(C(NN)c2ccncc2Cl)c1. The van der Waals surface area contributed by atoms with Crippen LogP contribution in [0.1, 0.15) is 22.7 Å². The minimum Gasteiger partial charge on any atom is -0.271 e. The summed E-state index contributed by atoms with van der Waals surface area (Å²) in [6.45, 7) is 1.98. The van der Waals surface area contributed by atoms with Gasteiger partial charge in [-0.3, -0.25) is 15.8 Å². The summed E-state index contributed by atoms with van der Waals surface area (Å²) in [4.78, 5) is 8.11. The maximum Gasteiger partial charge on any atom is 0.0740 e. The smallest absolute Gasteiger partial charge is 0.0740 e. The predicted octanol–water partition coefficient (Wildman–Crippen LogP) is 1.99. The van der Waals surface area contributed by atoms with E-state index in [0.717, 1.165) is 16.7 Å². The molecule has 0 spiro atoms. The molecule has 3 N–H and O–H groups in total. The van der Waals surface area contributed by atoms with Gasteiger partial charge in [0.25, 0.3) is 0 Å². The molecule has 0 bridgehead atoms. The van der Waals surface area contributed by atoms with Gasteiger partial charge in [0.15, 0.2) is 0 Å². The van der Waals surface area contributed by atoms with E-state index < -0.39 is 0 Å². The summed E-state index contributed by atoms with van der Waals surface area (Å²) in [5, 5.41) is 0.581. The van der Waals surface area contributed by atoms with Gasteiger partial charge in [0.1, 0.15) is 0 Å². The summed E-state index contributed by atoms with van der Waals surface area (Å²) in [5.74, 6) is 5.60. The maximum atomic E-state index is 6.11. The summed E-state index contributed by atoms with van der Waals surface area (Å²) in [6, 6.07) is 3.68. The minimum atomic E-state index is -0.183. The van der Waals surface area contributed by atoms with Crippen molar-refractivity contribution < 1.29 is 0 Å². The van der Waals surface area contributed by atoms with Crippen molar-refractivity contribution in [1.29, 1.82) is 0 Å². The van der Waals surface area contributed by atoms with Crippen molar-refractivity contribution >= 4 is 11.6 Å². The van der Waals surface area contributed by atoms with Gasteiger partial charge in [-0.15, -0.1) is 0 Å². The van der Waals surface area contributed by atoms with E-state index in [4.69, 9.17) is 17.4 Å². The molecule has 0 amide bonds. The molecule has 0 fully saturated rings. The van der Waals surface area contributed by atoms with Crippen LogP contribution in [0.2, 0.25) is 5.02 Å². The number of nitrogens with two attached hydrogens (primary N) is 1. The number of nitrogens with one attached hydrogen (secondary N) is 1. The molecular weight excluding hydrogens is 236 g/mol. The Kier molecular flexibility index (Phi) is 3.68. The zero-order valence-corrected chi connectivity index (χ0v) is 10.1. The summed E-state index contributed by atoms with van der Waals surface area (Å²) in [7, 11) is 0. The van der Waals surface area contributed by atoms with Gasteiger partial charge in [-0.25, -0.2) is 5.43 Å². The normalized spacial score (nSPS) is 12.4. The lowest BCUT2D eigenvalue weighted by Gasteiger charge is -2.17. The first-order valence-corrected chi connectivity index (χ1v) is 5.57. The number of hydrogen-bond donors (Lipinski definition) is 2. The van der Waals surface area contributed by atoms with E-state index in [9.17, 15) is 0 Å². The lowest BCUT2D eigenvalue weighted by atomic mass is 10.0. The highest BCUT2D eigenvalue weighted by molar-refractivity contribution is 6.31. The standard InChI is InChI=1S/C12H13ClN4/c1-8-4-9(6-16-5-8)12(17-14)10-2-3-15-7-11(10)13/h2-7,12,17H,14H2,1H3. The second-order valence-electron chi connectivity index (χ2n) is 3.79. The largest absolute Gasteiger partial charge is 0.271 e. The number of pyridine rings is 2. The Morgan fingerprint density at radius 2 is 2.12 bits per heavy atom. The number of aromatic nitrogens is 2. The van der Waals surface area contributed by atoms with E-state index in [2.05, 4.69) is 15.4 Å². The summed E-state index contributed by atoms with van der Waals surface area (Å²) in [6.07, 6.45) is 6.86. The summed E-state index contributed by atoms with van der Waals surface area (Å²) in [5.41, 5.74) is 5.69. The number of hydrogen-bond acceptors (Lipinski definition) is 4. The van der Waals surface area contributed by atoms with Crippen LogP contribution in [0.15, 0.2) is 36.9 Å². The van der Waals surface area contributed by atoms with Crippen molar-refractivity contribution in [2.45, 2.75) is 13.0 Å². The van der Waals surface area contributed by atoms with Crippen molar-refractivity contribution in [3.8, 4) is 0 Å². The molecule has 2 rings (SSSR count). The molecule has 2 heterocycles. The third kappa shape index (κ3) is 2.61. The third-order valence-electron chi connectivity index (χ3n) is 2.51. The molecular formula is C12H13ClN4. The maximum absolute atomic E-state index is 6.11. The number of nitrogens with zero attached hydrogens (tertiary/aromatic N) is 2. The topological polar surface area (TPSA) is 63.8 Å². The molecule has 4 nitrogen and oxygen atoms in total. The van der Waals surface area contributed by atoms with E-state index in [1.165, 1.54) is 0 Å². The molecule has 0 radical (unpaired) electrons. The van der Waals surface area contributed by atoms with E-state index >= 15 is 0 Å². The number of rotatable bonds is 3. The van der Waals surface area contributed by atoms with Gasteiger partial charge in [-0.1, -0.05) is 17.7 Å². The van der Waals surface area contributed by atoms with Crippen LogP contribution in [-0.2, 0) is 0 Å². The Labute approximate surface area is 105 Å². The van der Waals surface area contributed by atoms with Crippen molar-refractivity contribution in [1.82, 2.24) is 15.4 Å². The summed E-state index contributed by atoms with van der Waals surface area (Å²) >= 11 is 6.11. The highest BCUT2D eigenvalue weighted by atomic mass is 35.5. The van der Waals surface area contributed by atoms with Crippen LogP contribution < -0.4 is 11.3 Å². The molecule has 0 aromatic carbocycles. The lowest BCUT2D eigenvalue weighted by Crippen LogP contribution is -2.29. The zero-order chi connectivity index (χ0) is 12.3. The van der Waals surface area contributed by atoms with Gasteiger partial charge < -0.3 is 0 Å². The Bertz CT molecular complexity index is 515. The molecule has 0 aliphatic rings. The van der Waals surface area contributed by atoms with Gasteiger partial charge >= 0.3 is 0 Å². The Balaban J connectivity index is 2.44. The van der Waals surface area contributed by atoms with E-state index in [-0.39, 0.29) is 6.04 Å². The molecule has 1 unspecified atom stereocenters. The fraction of sp³-hybridized carbons (Fsp3) is 0.167. The second-order valence-corrected chi connectivity index (χ2v) is 4.20. The van der Waals surface area contributed by atoms with E-state index in [1.807, 2.05) is 19.1 Å². The zero-order valence-electron chi connectivity index (χ0n) is 9.39. The molecule has 2 aromatic heterocycles. The fourth-order valence-corrected chi connectivity index (χ4v) is 1.95. The van der Waals surface area contributed by atoms with Gasteiger partial charge in [0, 0.05) is 24.8 Å². The highest BCUT2D eigenvalue weighted by Gasteiger charge is 2.15. The second kappa shape index (κ2) is 5.23. The van der Waals surface area contributed by atoms with Crippen LogP contribution in [0, 0.1) is 6.92 Å². The summed E-state index contributed by atoms with van der Waals surface area (Å²) < 4.78 is 0.